The zero-order chi connectivity index (χ0) is 10.4. The Morgan fingerprint density at radius 3 is 3.13 bits per heavy atom. The quantitative estimate of drug-likeness (QED) is 0.698. The molecule has 0 aliphatic carbocycles. The van der Waals surface area contributed by atoms with Crippen molar-refractivity contribution in [3.63, 3.8) is 0 Å². The Morgan fingerprint density at radius 2 is 2.27 bits per heavy atom. The van der Waals surface area contributed by atoms with Crippen LogP contribution in [0.4, 0.5) is 0 Å². The van der Waals surface area contributed by atoms with E-state index in [2.05, 4.69) is 52.7 Å². The highest BCUT2D eigenvalue weighted by Crippen LogP contribution is 2.34. The van der Waals surface area contributed by atoms with Crippen molar-refractivity contribution in [2.45, 2.75) is 13.3 Å². The van der Waals surface area contributed by atoms with E-state index in [1.807, 2.05) is 0 Å². The minimum absolute atomic E-state index is 0.771. The number of halogens is 1. The van der Waals surface area contributed by atoms with Crippen LogP contribution in [0.3, 0.4) is 0 Å². The van der Waals surface area contributed by atoms with Crippen molar-refractivity contribution in [3.05, 3.63) is 33.0 Å². The van der Waals surface area contributed by atoms with Crippen LogP contribution in [0.25, 0.3) is 10.9 Å². The topological polar surface area (TPSA) is 22.1 Å². The molecular weight excluding hydrogens is 301 g/mol. The predicted molar refractivity (Wildman–Crippen MR) is 68.4 cm³/mol. The van der Waals surface area contributed by atoms with Gasteiger partial charge >= 0.3 is 0 Å². The molecule has 76 valence electrons. The van der Waals surface area contributed by atoms with E-state index in [4.69, 9.17) is 4.74 Å². The maximum atomic E-state index is 5.61. The number of ether oxygens (including phenoxy) is 1. The molecule has 0 spiro atoms. The maximum Gasteiger partial charge on any atom is 0.154 e. The van der Waals surface area contributed by atoms with E-state index < -0.39 is 0 Å². The molecule has 2 heterocycles. The number of benzene rings is 1. The summed E-state index contributed by atoms with van der Waals surface area (Å²) in [4.78, 5) is 4.63. The van der Waals surface area contributed by atoms with Crippen LogP contribution < -0.4 is 4.74 Å². The number of hydrogen-bond acceptors (Lipinski definition) is 2. The summed E-state index contributed by atoms with van der Waals surface area (Å²) in [6, 6.07) is 6.37. The molecule has 1 aromatic heterocycles. The smallest absolute Gasteiger partial charge is 0.154 e. The molecule has 1 aliphatic rings. The molecule has 2 aromatic rings. The molecule has 0 saturated heterocycles. The molecule has 1 aromatic carbocycles. The van der Waals surface area contributed by atoms with Crippen LogP contribution in [-0.2, 0) is 6.42 Å². The average molecular weight is 311 g/mol. The average Bonchev–Trinajstić information content (AvgIpc) is 2.68. The zero-order valence-electron chi connectivity index (χ0n) is 8.38. The van der Waals surface area contributed by atoms with Crippen molar-refractivity contribution in [2.24, 2.45) is 0 Å². The van der Waals surface area contributed by atoms with Gasteiger partial charge in [0.2, 0.25) is 0 Å². The highest BCUT2D eigenvalue weighted by molar-refractivity contribution is 14.1. The molecule has 2 nitrogen and oxygen atoms in total. The van der Waals surface area contributed by atoms with Gasteiger partial charge in [-0.25, -0.2) is 4.98 Å². The van der Waals surface area contributed by atoms with Crippen molar-refractivity contribution in [1.82, 2.24) is 4.98 Å². The Morgan fingerprint density at radius 1 is 1.40 bits per heavy atom. The SMILES string of the molecule is Cc1ccc2nc3c(c(I)c2c1)OCC3. The summed E-state index contributed by atoms with van der Waals surface area (Å²) >= 11 is 2.36. The first-order chi connectivity index (χ1) is 7.25. The predicted octanol–water partition coefficient (Wildman–Crippen LogP) is 3.08. The van der Waals surface area contributed by atoms with Crippen molar-refractivity contribution in [1.29, 1.82) is 0 Å². The first-order valence-electron chi connectivity index (χ1n) is 4.97. The molecule has 0 bridgehead atoms. The van der Waals surface area contributed by atoms with Crippen LogP contribution in [0, 0.1) is 10.5 Å². The third-order valence-electron chi connectivity index (χ3n) is 2.69. The molecule has 0 unspecified atom stereocenters. The second-order valence-corrected chi connectivity index (χ2v) is 4.90. The van der Waals surface area contributed by atoms with Crippen LogP contribution in [0.1, 0.15) is 11.3 Å². The lowest BCUT2D eigenvalue weighted by Crippen LogP contribution is -1.91. The van der Waals surface area contributed by atoms with Gasteiger partial charge < -0.3 is 4.74 Å². The Bertz CT molecular complexity index is 551. The van der Waals surface area contributed by atoms with Gasteiger partial charge in [-0.05, 0) is 41.6 Å². The van der Waals surface area contributed by atoms with Gasteiger partial charge in [-0.1, -0.05) is 11.6 Å². The number of rotatable bonds is 0. The molecule has 0 fully saturated rings. The lowest BCUT2D eigenvalue weighted by atomic mass is 10.1. The lowest BCUT2D eigenvalue weighted by Gasteiger charge is -2.06. The van der Waals surface area contributed by atoms with E-state index in [1.54, 1.807) is 0 Å². The molecule has 0 saturated carbocycles. The van der Waals surface area contributed by atoms with Gasteiger partial charge in [0, 0.05) is 11.8 Å². The summed E-state index contributed by atoms with van der Waals surface area (Å²) < 4.78 is 6.81. The summed E-state index contributed by atoms with van der Waals surface area (Å²) in [7, 11) is 0. The highest BCUT2D eigenvalue weighted by Gasteiger charge is 2.19. The molecule has 0 N–H and O–H groups in total. The summed E-state index contributed by atoms with van der Waals surface area (Å²) in [5, 5.41) is 1.20. The third-order valence-corrected chi connectivity index (χ3v) is 3.76. The molecule has 0 radical (unpaired) electrons. The van der Waals surface area contributed by atoms with Crippen molar-refractivity contribution < 1.29 is 4.74 Å². The Hall–Kier alpha value is -0.840. The normalized spacial score (nSPS) is 14.0. The monoisotopic (exact) mass is 311 g/mol. The van der Waals surface area contributed by atoms with Gasteiger partial charge in [0.25, 0.3) is 0 Å². The van der Waals surface area contributed by atoms with Crippen LogP contribution in [-0.4, -0.2) is 11.6 Å². The van der Waals surface area contributed by atoms with Crippen LogP contribution in [0.5, 0.6) is 5.75 Å². The maximum absolute atomic E-state index is 5.61. The van der Waals surface area contributed by atoms with Gasteiger partial charge in [0.05, 0.1) is 21.4 Å². The van der Waals surface area contributed by atoms with Crippen molar-refractivity contribution >= 4 is 33.5 Å². The Labute approximate surface area is 102 Å². The summed E-state index contributed by atoms with van der Waals surface area (Å²) in [6.07, 6.45) is 0.940. The van der Waals surface area contributed by atoms with Crippen LogP contribution in [0.15, 0.2) is 18.2 Å². The molecule has 3 rings (SSSR count). The van der Waals surface area contributed by atoms with Crippen molar-refractivity contribution in [3.8, 4) is 5.75 Å². The van der Waals surface area contributed by atoms with Gasteiger partial charge in [-0.3, -0.25) is 0 Å². The summed E-state index contributed by atoms with van der Waals surface area (Å²) in [5.74, 6) is 0.994. The standard InChI is InChI=1S/C12H10INO/c1-7-2-3-9-8(6-7)11(13)12-10(14-9)4-5-15-12/h2-3,6H,4-5H2,1H3. The highest BCUT2D eigenvalue weighted by atomic mass is 127. The largest absolute Gasteiger partial charge is 0.490 e. The number of fused-ring (bicyclic) bond motifs is 2. The third kappa shape index (κ3) is 1.40. The zero-order valence-corrected chi connectivity index (χ0v) is 10.5. The molecule has 1 aliphatic heterocycles. The number of aryl methyl sites for hydroxylation is 1. The molecule has 0 amide bonds. The first kappa shape index (κ1) is 9.39. The fourth-order valence-electron chi connectivity index (χ4n) is 1.93. The van der Waals surface area contributed by atoms with E-state index in [0.717, 1.165) is 30.0 Å². The number of hydrogen-bond donors (Lipinski definition) is 0. The van der Waals surface area contributed by atoms with E-state index in [1.165, 1.54) is 14.5 Å². The molecule has 15 heavy (non-hydrogen) atoms. The van der Waals surface area contributed by atoms with E-state index in [9.17, 15) is 0 Å². The van der Waals surface area contributed by atoms with Crippen LogP contribution >= 0.6 is 22.6 Å². The second kappa shape index (κ2) is 3.33. The van der Waals surface area contributed by atoms with Gasteiger partial charge in [-0.15, -0.1) is 0 Å². The lowest BCUT2D eigenvalue weighted by molar-refractivity contribution is 0.355. The molecular formula is C12H10INO. The number of pyridine rings is 1. The minimum atomic E-state index is 0.771. The van der Waals surface area contributed by atoms with Crippen molar-refractivity contribution in [2.75, 3.05) is 6.61 Å². The Kier molecular flexibility index (Phi) is 2.09. The van der Waals surface area contributed by atoms with Gasteiger partial charge in [0.15, 0.2) is 5.75 Å². The van der Waals surface area contributed by atoms with E-state index in [-0.39, 0.29) is 0 Å². The molecule has 0 atom stereocenters. The van der Waals surface area contributed by atoms with Crippen LogP contribution in [0.2, 0.25) is 0 Å². The Balaban J connectivity index is 2.41. The number of nitrogens with zero attached hydrogens (tertiary/aromatic N) is 1. The first-order valence-corrected chi connectivity index (χ1v) is 6.05. The minimum Gasteiger partial charge on any atom is -0.490 e. The van der Waals surface area contributed by atoms with Gasteiger partial charge in [-0.2, -0.15) is 0 Å². The fraction of sp³-hybridized carbons (Fsp3) is 0.250. The number of aromatic nitrogens is 1. The second-order valence-electron chi connectivity index (χ2n) is 3.82. The van der Waals surface area contributed by atoms with E-state index in [0.29, 0.717) is 0 Å². The summed E-state index contributed by atoms with van der Waals surface area (Å²) in [5.41, 5.74) is 3.45. The summed E-state index contributed by atoms with van der Waals surface area (Å²) in [6.45, 7) is 2.87. The molecule has 3 heteroatoms. The van der Waals surface area contributed by atoms with E-state index >= 15 is 0 Å². The van der Waals surface area contributed by atoms with Gasteiger partial charge in [0.1, 0.15) is 0 Å². The fourth-order valence-corrected chi connectivity index (χ4v) is 2.83.